The second-order valence-corrected chi connectivity index (χ2v) is 8.04. The molecule has 0 unspecified atom stereocenters. The van der Waals surface area contributed by atoms with Crippen LogP contribution in [0.1, 0.15) is 26.5 Å². The Balaban J connectivity index is 2.25. The predicted octanol–water partition coefficient (Wildman–Crippen LogP) is 4.90. The number of nitrogens with zero attached hydrogens (tertiary/aromatic N) is 6. The highest BCUT2D eigenvalue weighted by molar-refractivity contribution is 7.71. The van der Waals surface area contributed by atoms with Crippen LogP contribution >= 0.6 is 35.4 Å². The van der Waals surface area contributed by atoms with Gasteiger partial charge in [0, 0.05) is 25.2 Å². The number of hydrogen-bond donors (Lipinski definition) is 1. The average molecular weight is 497 g/mol. The van der Waals surface area contributed by atoms with Crippen molar-refractivity contribution in [1.82, 2.24) is 18.5 Å². The van der Waals surface area contributed by atoms with E-state index in [1.54, 1.807) is 37.7 Å². The van der Waals surface area contributed by atoms with Crippen LogP contribution in [0.3, 0.4) is 0 Å². The van der Waals surface area contributed by atoms with Crippen molar-refractivity contribution >= 4 is 46.8 Å². The van der Waals surface area contributed by atoms with E-state index >= 15 is 0 Å². The van der Waals surface area contributed by atoms with Crippen LogP contribution in [-0.2, 0) is 26.6 Å². The lowest BCUT2D eigenvalue weighted by Crippen LogP contribution is -2.24. The Hall–Kier alpha value is -2.69. The zero-order valence-electron chi connectivity index (χ0n) is 18.0. The summed E-state index contributed by atoms with van der Waals surface area (Å²) in [4.78, 5) is 26.0. The van der Waals surface area contributed by atoms with Crippen LogP contribution in [0.2, 0.25) is 10.0 Å². The van der Waals surface area contributed by atoms with Crippen molar-refractivity contribution in [2.24, 2.45) is 17.3 Å². The van der Waals surface area contributed by atoms with Crippen LogP contribution in [0.4, 0.5) is 11.4 Å². The van der Waals surface area contributed by atoms with Crippen molar-refractivity contribution in [2.45, 2.75) is 40.3 Å². The number of hydrogen-bond acceptors (Lipinski definition) is 6. The number of rotatable bonds is 6. The molecule has 0 saturated carbocycles. The molecule has 3 rings (SSSR count). The molecule has 0 aliphatic carbocycles. The SMILES string of the molecule is CCc1c(/N=N/c2c(O)n(CC)c(=S)n(CC)c2=O)c(=O)n(-c2ccc(Cl)cc2Cl)n1C. The van der Waals surface area contributed by atoms with E-state index in [0.717, 1.165) is 0 Å². The Morgan fingerprint density at radius 3 is 2.19 bits per heavy atom. The Bertz CT molecular complexity index is 1400. The van der Waals surface area contributed by atoms with Crippen molar-refractivity contribution in [3.05, 3.63) is 59.4 Å². The van der Waals surface area contributed by atoms with E-state index in [2.05, 4.69) is 10.2 Å². The molecule has 170 valence electrons. The molecule has 1 aromatic carbocycles. The summed E-state index contributed by atoms with van der Waals surface area (Å²) < 4.78 is 5.85. The van der Waals surface area contributed by atoms with E-state index in [9.17, 15) is 14.7 Å². The minimum atomic E-state index is -0.585. The van der Waals surface area contributed by atoms with Gasteiger partial charge in [-0.2, -0.15) is 0 Å². The van der Waals surface area contributed by atoms with Gasteiger partial charge in [-0.15, -0.1) is 10.2 Å². The molecule has 0 aliphatic heterocycles. The van der Waals surface area contributed by atoms with Crippen LogP contribution in [0, 0.1) is 4.77 Å². The summed E-state index contributed by atoms with van der Waals surface area (Å²) in [5.74, 6) is -0.397. The molecule has 1 N–H and O–H groups in total. The van der Waals surface area contributed by atoms with Gasteiger partial charge in [0.2, 0.25) is 11.6 Å². The molecule has 0 fully saturated rings. The Kier molecular flexibility index (Phi) is 7.06. The second kappa shape index (κ2) is 9.43. The molecule has 2 aromatic heterocycles. The maximum Gasteiger partial charge on any atom is 0.299 e. The number of aromatic nitrogens is 4. The van der Waals surface area contributed by atoms with Gasteiger partial charge in [0.05, 0.1) is 16.4 Å². The fourth-order valence-electron chi connectivity index (χ4n) is 3.48. The summed E-state index contributed by atoms with van der Waals surface area (Å²) in [6.45, 7) is 6.03. The minimum Gasteiger partial charge on any atom is -0.493 e. The molecule has 0 spiro atoms. The van der Waals surface area contributed by atoms with E-state index < -0.39 is 17.0 Å². The topological polar surface area (TPSA) is 98.8 Å². The van der Waals surface area contributed by atoms with E-state index in [4.69, 9.17) is 35.4 Å². The van der Waals surface area contributed by atoms with Gasteiger partial charge in [-0.3, -0.25) is 23.4 Å². The van der Waals surface area contributed by atoms with Gasteiger partial charge in [0.15, 0.2) is 10.5 Å². The molecule has 0 atom stereocenters. The van der Waals surface area contributed by atoms with Crippen LogP contribution in [0.15, 0.2) is 38.0 Å². The molecule has 0 radical (unpaired) electrons. The summed E-state index contributed by atoms with van der Waals surface area (Å²) >= 11 is 17.6. The second-order valence-electron chi connectivity index (χ2n) is 6.83. The van der Waals surface area contributed by atoms with E-state index in [1.807, 2.05) is 6.92 Å². The number of azo groups is 1. The maximum atomic E-state index is 13.2. The summed E-state index contributed by atoms with van der Waals surface area (Å²) in [6.07, 6.45) is 0.462. The first kappa shape index (κ1) is 24.0. The standard InChI is InChI=1S/C20H22Cl2N6O3S/c1-5-13-15(19(31)28(25(13)4)14-9-8-11(21)10-12(14)22)23-24-16-17(29)26(6-2)20(32)27(7-3)18(16)30/h8-10,29H,5-7H2,1-4H3/b24-23+. The maximum absolute atomic E-state index is 13.2. The van der Waals surface area contributed by atoms with Crippen molar-refractivity contribution in [3.8, 4) is 11.6 Å². The van der Waals surface area contributed by atoms with Gasteiger partial charge in [-0.25, -0.2) is 4.68 Å². The highest BCUT2D eigenvalue weighted by Crippen LogP contribution is 2.28. The van der Waals surface area contributed by atoms with Gasteiger partial charge in [-0.1, -0.05) is 30.1 Å². The van der Waals surface area contributed by atoms with Crippen LogP contribution in [-0.4, -0.2) is 23.6 Å². The molecule has 12 heteroatoms. The molecule has 0 bridgehead atoms. The summed E-state index contributed by atoms with van der Waals surface area (Å²) in [5.41, 5.74) is -0.315. The summed E-state index contributed by atoms with van der Waals surface area (Å²) in [5, 5.41) is 19.4. The molecule has 9 nitrogen and oxygen atoms in total. The van der Waals surface area contributed by atoms with Crippen LogP contribution in [0.5, 0.6) is 5.88 Å². The zero-order chi connectivity index (χ0) is 23.7. The molecular formula is C20H22Cl2N6O3S. The van der Waals surface area contributed by atoms with Gasteiger partial charge >= 0.3 is 0 Å². The van der Waals surface area contributed by atoms with Gasteiger partial charge in [0.25, 0.3) is 11.1 Å². The van der Waals surface area contributed by atoms with Gasteiger partial charge in [0.1, 0.15) is 0 Å². The molecule has 2 heterocycles. The first-order valence-electron chi connectivity index (χ1n) is 9.92. The lowest BCUT2D eigenvalue weighted by molar-refractivity contribution is 0.402. The first-order chi connectivity index (χ1) is 15.2. The average Bonchev–Trinajstić information content (AvgIpc) is 2.98. The summed E-state index contributed by atoms with van der Waals surface area (Å²) in [6, 6.07) is 4.79. The van der Waals surface area contributed by atoms with E-state index in [-0.39, 0.29) is 16.1 Å². The van der Waals surface area contributed by atoms with Crippen molar-refractivity contribution < 1.29 is 5.11 Å². The van der Waals surface area contributed by atoms with E-state index in [0.29, 0.717) is 40.9 Å². The first-order valence-corrected chi connectivity index (χ1v) is 11.1. The molecule has 0 aliphatic rings. The Labute approximate surface area is 198 Å². The van der Waals surface area contributed by atoms with E-state index in [1.165, 1.54) is 19.9 Å². The molecule has 3 aromatic rings. The largest absolute Gasteiger partial charge is 0.493 e. The van der Waals surface area contributed by atoms with Crippen LogP contribution < -0.4 is 11.1 Å². The molecule has 32 heavy (non-hydrogen) atoms. The van der Waals surface area contributed by atoms with Crippen LogP contribution in [0.25, 0.3) is 5.69 Å². The third-order valence-electron chi connectivity index (χ3n) is 5.09. The number of benzene rings is 1. The minimum absolute atomic E-state index is 0.0355. The molecule has 0 amide bonds. The fourth-order valence-corrected chi connectivity index (χ4v) is 4.40. The fraction of sp³-hybridized carbons (Fsp3) is 0.350. The Morgan fingerprint density at radius 1 is 1.00 bits per heavy atom. The highest BCUT2D eigenvalue weighted by Gasteiger charge is 2.21. The van der Waals surface area contributed by atoms with Gasteiger partial charge in [-0.05, 0) is 50.7 Å². The quantitative estimate of drug-likeness (QED) is 0.387. The monoisotopic (exact) mass is 496 g/mol. The smallest absolute Gasteiger partial charge is 0.299 e. The normalized spacial score (nSPS) is 11.6. The summed E-state index contributed by atoms with van der Waals surface area (Å²) in [7, 11) is 1.70. The third-order valence-corrected chi connectivity index (χ3v) is 6.07. The number of aromatic hydroxyl groups is 1. The van der Waals surface area contributed by atoms with Crippen molar-refractivity contribution in [2.75, 3.05) is 0 Å². The predicted molar refractivity (Wildman–Crippen MR) is 127 cm³/mol. The van der Waals surface area contributed by atoms with Crippen molar-refractivity contribution in [3.63, 3.8) is 0 Å². The van der Waals surface area contributed by atoms with Crippen molar-refractivity contribution in [1.29, 1.82) is 0 Å². The number of halogens is 2. The lowest BCUT2D eigenvalue weighted by atomic mass is 10.3. The highest BCUT2D eigenvalue weighted by atomic mass is 35.5. The molecule has 0 saturated heterocycles. The lowest BCUT2D eigenvalue weighted by Gasteiger charge is -2.12. The third kappa shape index (κ3) is 3.94. The molecular weight excluding hydrogens is 475 g/mol. The zero-order valence-corrected chi connectivity index (χ0v) is 20.3. The van der Waals surface area contributed by atoms with Gasteiger partial charge < -0.3 is 5.11 Å². The Morgan fingerprint density at radius 2 is 1.62 bits per heavy atom.